The van der Waals surface area contributed by atoms with Gasteiger partial charge in [0.05, 0.1) is 10.1 Å². The van der Waals surface area contributed by atoms with Crippen LogP contribution in [0.2, 0.25) is 0 Å². The molecule has 1 saturated heterocycles. The first-order valence-corrected chi connectivity index (χ1v) is 8.04. The van der Waals surface area contributed by atoms with E-state index in [2.05, 4.69) is 0 Å². The molecule has 0 aromatic carbocycles. The largest absolute Gasteiger partial charge is 1.00 e. The minimum Gasteiger partial charge on any atom is -0.748 e. The fourth-order valence-electron chi connectivity index (χ4n) is 2.38. The third-order valence-corrected chi connectivity index (χ3v) is 5.05. The maximum Gasteiger partial charge on any atom is 1.00 e. The van der Waals surface area contributed by atoms with E-state index in [0.717, 1.165) is 0 Å². The Morgan fingerprint density at radius 3 is 2.05 bits per heavy atom. The summed E-state index contributed by atoms with van der Waals surface area (Å²) in [5, 5.41) is 0. The second-order valence-corrected chi connectivity index (χ2v) is 7.62. The molecule has 1 heterocycles. The van der Waals surface area contributed by atoms with E-state index in [0.29, 0.717) is 13.0 Å². The minimum atomic E-state index is -4.19. The zero-order valence-corrected chi connectivity index (χ0v) is 16.2. The average molecular weight is 335 g/mol. The Hall–Kier alpha value is 0.630. The van der Waals surface area contributed by atoms with Gasteiger partial charge in [0.2, 0.25) is 5.91 Å². The molecule has 9 heteroatoms. The first-order valence-electron chi connectivity index (χ1n) is 6.12. The van der Waals surface area contributed by atoms with Crippen LogP contribution in [-0.4, -0.2) is 51.7 Å². The Labute approximate surface area is 148 Å². The van der Waals surface area contributed by atoms with E-state index in [9.17, 15) is 17.8 Å². The van der Waals surface area contributed by atoms with Gasteiger partial charge in [-0.3, -0.25) is 4.79 Å². The summed E-state index contributed by atoms with van der Waals surface area (Å²) in [6.45, 7) is 7.53. The monoisotopic (exact) mass is 334 g/mol. The second kappa shape index (κ2) is 6.81. The molecular weight excluding hydrogens is 315 g/mol. The molecule has 0 saturated carbocycles. The van der Waals surface area contributed by atoms with Gasteiger partial charge in [-0.05, 0) is 52.3 Å². The van der Waals surface area contributed by atoms with Crippen LogP contribution in [0, 0.1) is 0 Å². The van der Waals surface area contributed by atoms with Crippen LogP contribution < -0.4 is 29.6 Å². The van der Waals surface area contributed by atoms with Gasteiger partial charge < -0.3 is 9.45 Å². The molecule has 0 radical (unpaired) electrons. The van der Waals surface area contributed by atoms with Crippen LogP contribution in [-0.2, 0) is 14.9 Å². The first-order chi connectivity index (χ1) is 8.40. The molecule has 1 fully saturated rings. The number of unbranched alkanes of at least 4 members (excludes halogenated alkanes) is 1. The van der Waals surface area contributed by atoms with Crippen LogP contribution in [0.25, 0.3) is 0 Å². The van der Waals surface area contributed by atoms with E-state index >= 15 is 0 Å². The molecule has 6 nitrogen and oxygen atoms in total. The SMILES string of the molecule is CC1(C)C(=O)N(CCCCS(=O)(=O)[O-])C(C)(C)N1Cl.[Na+]. The summed E-state index contributed by atoms with van der Waals surface area (Å²) in [5.41, 5.74) is -1.44. The fraction of sp³-hybridized carbons (Fsp3) is 0.909. The normalized spacial score (nSPS) is 21.9. The molecule has 0 aromatic heterocycles. The minimum absolute atomic E-state index is 0. The molecule has 1 aliphatic heterocycles. The third-order valence-electron chi connectivity index (χ3n) is 3.43. The molecule has 1 amide bonds. The molecule has 0 N–H and O–H groups in total. The maximum absolute atomic E-state index is 12.3. The van der Waals surface area contributed by atoms with Crippen LogP contribution in [0.15, 0.2) is 0 Å². The number of amides is 1. The molecule has 1 aliphatic rings. The molecule has 0 unspecified atom stereocenters. The van der Waals surface area contributed by atoms with Crippen molar-refractivity contribution in [3.05, 3.63) is 0 Å². The Kier molecular flexibility index (Phi) is 7.02. The van der Waals surface area contributed by atoms with E-state index in [1.807, 2.05) is 13.8 Å². The molecule has 20 heavy (non-hydrogen) atoms. The number of carbonyl (C=O) groups excluding carboxylic acids is 1. The van der Waals surface area contributed by atoms with Crippen LogP contribution in [0.3, 0.4) is 0 Å². The fourth-order valence-corrected chi connectivity index (χ4v) is 3.10. The van der Waals surface area contributed by atoms with Crippen molar-refractivity contribution in [1.82, 2.24) is 9.32 Å². The quantitative estimate of drug-likeness (QED) is 0.255. The average Bonchev–Trinajstić information content (AvgIpc) is 2.34. The molecule has 0 aromatic rings. The Morgan fingerprint density at radius 1 is 1.20 bits per heavy atom. The topological polar surface area (TPSA) is 80.8 Å². The van der Waals surface area contributed by atoms with Crippen molar-refractivity contribution in [1.29, 1.82) is 0 Å². The van der Waals surface area contributed by atoms with Crippen LogP contribution in [0.1, 0.15) is 40.5 Å². The molecule has 112 valence electrons. The summed E-state index contributed by atoms with van der Waals surface area (Å²) < 4.78 is 33.0. The summed E-state index contributed by atoms with van der Waals surface area (Å²) in [7, 11) is -4.19. The predicted molar refractivity (Wildman–Crippen MR) is 71.4 cm³/mol. The van der Waals surface area contributed by atoms with E-state index in [1.165, 1.54) is 4.42 Å². The predicted octanol–water partition coefficient (Wildman–Crippen LogP) is -1.87. The Balaban J connectivity index is 0.00000361. The second-order valence-electron chi connectivity index (χ2n) is 5.76. The van der Waals surface area contributed by atoms with Crippen LogP contribution in [0.4, 0.5) is 0 Å². The number of hydrogen-bond donors (Lipinski definition) is 0. The van der Waals surface area contributed by atoms with Crippen molar-refractivity contribution < 1.29 is 47.3 Å². The maximum atomic E-state index is 12.3. The van der Waals surface area contributed by atoms with Crippen molar-refractivity contribution in [2.45, 2.75) is 51.7 Å². The Bertz CT molecular complexity index is 467. The van der Waals surface area contributed by atoms with E-state index in [1.54, 1.807) is 18.7 Å². The molecule has 0 spiro atoms. The van der Waals surface area contributed by atoms with Crippen molar-refractivity contribution in [2.75, 3.05) is 12.3 Å². The third kappa shape index (κ3) is 4.32. The summed E-state index contributed by atoms with van der Waals surface area (Å²) in [6, 6.07) is 0. The van der Waals surface area contributed by atoms with Gasteiger partial charge in [-0.15, -0.1) is 0 Å². The van der Waals surface area contributed by atoms with Crippen LogP contribution in [0.5, 0.6) is 0 Å². The van der Waals surface area contributed by atoms with Gasteiger partial charge in [0.15, 0.2) is 0 Å². The van der Waals surface area contributed by atoms with E-state index < -0.39 is 27.1 Å². The van der Waals surface area contributed by atoms with Gasteiger partial charge in [0.1, 0.15) is 11.2 Å². The molecule has 0 atom stereocenters. The van der Waals surface area contributed by atoms with Gasteiger partial charge >= 0.3 is 29.6 Å². The van der Waals surface area contributed by atoms with Crippen LogP contribution >= 0.6 is 11.8 Å². The smallest absolute Gasteiger partial charge is 0.748 e. The standard InChI is InChI=1S/C11H21ClN2O4S.Na/c1-10(2)9(15)13(11(3,4)14(10)12)7-5-6-8-19(16,17)18;/h5-8H2,1-4H3,(H,16,17,18);/q;+1/p-1. The van der Waals surface area contributed by atoms with Gasteiger partial charge in [-0.25, -0.2) is 8.42 Å². The summed E-state index contributed by atoms with van der Waals surface area (Å²) in [5.74, 6) is -0.499. The molecule has 1 rings (SSSR count). The van der Waals surface area contributed by atoms with Gasteiger partial charge in [-0.2, -0.15) is 4.42 Å². The summed E-state index contributed by atoms with van der Waals surface area (Å²) in [6.07, 6.45) is 0.700. The van der Waals surface area contributed by atoms with Crippen molar-refractivity contribution >= 4 is 27.8 Å². The van der Waals surface area contributed by atoms with Crippen molar-refractivity contribution in [3.63, 3.8) is 0 Å². The number of halogens is 1. The molecular formula is C11H20ClN2NaO4S. The number of nitrogens with zero attached hydrogens (tertiary/aromatic N) is 2. The molecule has 0 aliphatic carbocycles. The van der Waals surface area contributed by atoms with Gasteiger partial charge in [0, 0.05) is 12.3 Å². The first kappa shape index (κ1) is 20.6. The summed E-state index contributed by atoms with van der Waals surface area (Å²) >= 11 is 6.20. The van der Waals surface area contributed by atoms with Gasteiger partial charge in [-0.1, -0.05) is 0 Å². The summed E-state index contributed by atoms with van der Waals surface area (Å²) in [4.78, 5) is 13.9. The van der Waals surface area contributed by atoms with E-state index in [-0.39, 0.29) is 41.9 Å². The zero-order chi connectivity index (χ0) is 15.1. The van der Waals surface area contributed by atoms with Crippen molar-refractivity contribution in [3.8, 4) is 0 Å². The van der Waals surface area contributed by atoms with Gasteiger partial charge in [0.25, 0.3) is 0 Å². The number of hydrogen-bond acceptors (Lipinski definition) is 5. The van der Waals surface area contributed by atoms with Crippen molar-refractivity contribution in [2.24, 2.45) is 0 Å². The number of rotatable bonds is 5. The Morgan fingerprint density at radius 2 is 1.70 bits per heavy atom. The molecule has 0 bridgehead atoms. The number of carbonyl (C=O) groups is 1. The zero-order valence-electron chi connectivity index (χ0n) is 12.6. The van der Waals surface area contributed by atoms with E-state index in [4.69, 9.17) is 11.8 Å².